The van der Waals surface area contributed by atoms with E-state index in [0.717, 1.165) is 11.1 Å². The lowest BCUT2D eigenvalue weighted by atomic mass is 9.97. The van der Waals surface area contributed by atoms with Gasteiger partial charge >= 0.3 is 5.97 Å². The molecule has 0 saturated carbocycles. The van der Waals surface area contributed by atoms with Crippen molar-refractivity contribution in [1.82, 2.24) is 4.57 Å². The number of esters is 1. The Hall–Kier alpha value is -4.34. The van der Waals surface area contributed by atoms with Crippen LogP contribution in [0.2, 0.25) is 5.02 Å². The maximum Gasteiger partial charge on any atom is 0.337 e. The third kappa shape index (κ3) is 6.12. The molecule has 0 N–H and O–H groups in total. The molecule has 0 unspecified atom stereocenters. The first-order valence-corrected chi connectivity index (χ1v) is 14.6. The molecule has 5 rings (SSSR count). The summed E-state index contributed by atoms with van der Waals surface area (Å²) in [5, 5.41) is 0.632. The van der Waals surface area contributed by atoms with Gasteiger partial charge in [0.2, 0.25) is 0 Å². The smallest absolute Gasteiger partial charge is 0.337 e. The van der Waals surface area contributed by atoms with Gasteiger partial charge in [-0.15, -0.1) is 0 Å². The van der Waals surface area contributed by atoms with E-state index in [2.05, 4.69) is 4.99 Å². The van der Waals surface area contributed by atoms with Crippen molar-refractivity contribution in [3.8, 4) is 17.2 Å². The van der Waals surface area contributed by atoms with Crippen LogP contribution in [0.4, 0.5) is 0 Å². The number of hydrogen-bond acceptors (Lipinski definition) is 8. The van der Waals surface area contributed by atoms with Gasteiger partial charge in [-0.25, -0.2) is 9.79 Å². The molecule has 3 aromatic carbocycles. The maximum atomic E-state index is 14.0. The zero-order chi connectivity index (χ0) is 29.6. The van der Waals surface area contributed by atoms with Crippen LogP contribution in [0.1, 0.15) is 36.6 Å². The Bertz CT molecular complexity index is 1830. The van der Waals surface area contributed by atoms with Gasteiger partial charge in [0.25, 0.3) is 5.56 Å². The molecule has 0 aliphatic carbocycles. The number of hydrogen-bond donors (Lipinski definition) is 0. The van der Waals surface area contributed by atoms with Crippen LogP contribution in [-0.4, -0.2) is 30.9 Å². The van der Waals surface area contributed by atoms with Crippen LogP contribution >= 0.6 is 22.9 Å². The van der Waals surface area contributed by atoms with Gasteiger partial charge in [0, 0.05) is 16.8 Å². The number of benzene rings is 3. The van der Waals surface area contributed by atoms with Crippen LogP contribution in [0.15, 0.2) is 88.3 Å². The third-order valence-corrected chi connectivity index (χ3v) is 7.73. The molecular formula is C32H29ClN2O6S. The standard InChI is InChI=1S/C32H29ClN2O6S/c1-4-39-26-14-13-22(16-27(26)40-5-2)29-24(31(37)38-3)18-34-32-35(29)30(36)28(42-32)17-21-10-6-7-12-25(21)41-19-20-9-8-11-23(33)15-20/h6-18,29H,4-5,19H2,1-3H3/b28-17+/t29-/m0/s1. The average Bonchev–Trinajstić information content (AvgIpc) is 3.31. The summed E-state index contributed by atoms with van der Waals surface area (Å²) in [6, 6.07) is 19.5. The first-order chi connectivity index (χ1) is 20.4. The third-order valence-electron chi connectivity index (χ3n) is 6.50. The monoisotopic (exact) mass is 604 g/mol. The fourth-order valence-corrected chi connectivity index (χ4v) is 5.82. The maximum absolute atomic E-state index is 14.0. The van der Waals surface area contributed by atoms with Crippen molar-refractivity contribution in [3.05, 3.63) is 120 Å². The molecule has 216 valence electrons. The van der Waals surface area contributed by atoms with Crippen molar-refractivity contribution in [1.29, 1.82) is 0 Å². The minimum atomic E-state index is -0.778. The first-order valence-electron chi connectivity index (χ1n) is 13.4. The molecular weight excluding hydrogens is 576 g/mol. The lowest BCUT2D eigenvalue weighted by Gasteiger charge is -2.23. The van der Waals surface area contributed by atoms with Gasteiger partial charge < -0.3 is 18.9 Å². The lowest BCUT2D eigenvalue weighted by molar-refractivity contribution is -0.136. The van der Waals surface area contributed by atoms with E-state index in [1.807, 2.05) is 68.4 Å². The van der Waals surface area contributed by atoms with Crippen LogP contribution in [-0.2, 0) is 16.1 Å². The van der Waals surface area contributed by atoms with Gasteiger partial charge in [0.05, 0.1) is 36.5 Å². The molecule has 0 radical (unpaired) electrons. The fourth-order valence-electron chi connectivity index (χ4n) is 4.65. The summed E-state index contributed by atoms with van der Waals surface area (Å²) in [6.07, 6.45) is 3.24. The second-order valence-electron chi connectivity index (χ2n) is 9.20. The number of halogens is 1. The first kappa shape index (κ1) is 29.2. The molecule has 1 atom stereocenters. The van der Waals surface area contributed by atoms with E-state index in [4.69, 9.17) is 30.5 Å². The molecule has 0 bridgehead atoms. The highest BCUT2D eigenvalue weighted by atomic mass is 35.5. The number of methoxy groups -OCH3 is 1. The van der Waals surface area contributed by atoms with E-state index in [0.29, 0.717) is 57.0 Å². The van der Waals surface area contributed by atoms with E-state index in [9.17, 15) is 9.59 Å². The zero-order valence-corrected chi connectivity index (χ0v) is 24.9. The van der Waals surface area contributed by atoms with Crippen molar-refractivity contribution in [2.75, 3.05) is 20.3 Å². The largest absolute Gasteiger partial charge is 0.490 e. The predicted octanol–water partition coefficient (Wildman–Crippen LogP) is 5.05. The highest BCUT2D eigenvalue weighted by Gasteiger charge is 2.31. The minimum Gasteiger partial charge on any atom is -0.490 e. The summed E-state index contributed by atoms with van der Waals surface area (Å²) in [5.41, 5.74) is 2.25. The highest BCUT2D eigenvalue weighted by Crippen LogP contribution is 2.35. The van der Waals surface area contributed by atoms with Gasteiger partial charge in [0.1, 0.15) is 12.4 Å². The SMILES string of the molecule is CCOc1ccc([C@H]2C(C(=O)OC)=CN=c3s/c(=C/c4ccccc4OCc4cccc(Cl)c4)c(=O)n32)cc1OCC. The fraction of sp³-hybridized carbons (Fsp3) is 0.219. The van der Waals surface area contributed by atoms with Crippen LogP contribution in [0.25, 0.3) is 6.08 Å². The Morgan fingerprint density at radius 2 is 1.76 bits per heavy atom. The molecule has 1 aliphatic rings. The summed E-state index contributed by atoms with van der Waals surface area (Å²) >= 11 is 7.35. The molecule has 1 aliphatic heterocycles. The van der Waals surface area contributed by atoms with Crippen molar-refractivity contribution in [2.45, 2.75) is 26.5 Å². The molecule has 8 nitrogen and oxygen atoms in total. The second-order valence-corrected chi connectivity index (χ2v) is 10.7. The molecule has 0 fully saturated rings. The summed E-state index contributed by atoms with van der Waals surface area (Å²) < 4.78 is 24.7. The van der Waals surface area contributed by atoms with Crippen LogP contribution in [0.5, 0.6) is 17.2 Å². The van der Waals surface area contributed by atoms with E-state index in [1.165, 1.54) is 29.2 Å². The van der Waals surface area contributed by atoms with Crippen LogP contribution in [0, 0.1) is 0 Å². The normalized spacial score (nSPS) is 14.4. The zero-order valence-electron chi connectivity index (χ0n) is 23.3. The second kappa shape index (κ2) is 13.1. The quantitative estimate of drug-likeness (QED) is 0.236. The Kier molecular flexibility index (Phi) is 9.09. The van der Waals surface area contributed by atoms with Crippen molar-refractivity contribution < 1.29 is 23.7 Å². The Balaban J connectivity index is 1.58. The number of aromatic nitrogens is 1. The Morgan fingerprint density at radius 1 is 0.976 bits per heavy atom. The van der Waals surface area contributed by atoms with Gasteiger partial charge in [-0.05, 0) is 61.4 Å². The summed E-state index contributed by atoms with van der Waals surface area (Å²) in [5.74, 6) is 1.13. The van der Waals surface area contributed by atoms with Crippen LogP contribution < -0.4 is 29.1 Å². The summed E-state index contributed by atoms with van der Waals surface area (Å²) in [7, 11) is 1.30. The summed E-state index contributed by atoms with van der Waals surface area (Å²) in [4.78, 5) is 31.7. The topological polar surface area (TPSA) is 88.4 Å². The van der Waals surface area contributed by atoms with Crippen LogP contribution in [0.3, 0.4) is 0 Å². The Morgan fingerprint density at radius 3 is 2.52 bits per heavy atom. The van der Waals surface area contributed by atoms with E-state index in [-0.39, 0.29) is 11.1 Å². The highest BCUT2D eigenvalue weighted by molar-refractivity contribution is 7.07. The van der Waals surface area contributed by atoms with Gasteiger partial charge in [0.15, 0.2) is 16.3 Å². The molecule has 0 spiro atoms. The van der Waals surface area contributed by atoms with Crippen molar-refractivity contribution in [2.24, 2.45) is 4.99 Å². The molecule has 0 saturated heterocycles. The minimum absolute atomic E-state index is 0.230. The van der Waals surface area contributed by atoms with Crippen molar-refractivity contribution in [3.63, 3.8) is 0 Å². The van der Waals surface area contributed by atoms with Crippen molar-refractivity contribution >= 4 is 35.0 Å². The molecule has 4 aromatic rings. The van der Waals surface area contributed by atoms with Gasteiger partial charge in [-0.3, -0.25) is 9.36 Å². The van der Waals surface area contributed by atoms with Gasteiger partial charge in [-0.2, -0.15) is 0 Å². The molecule has 2 heterocycles. The molecule has 42 heavy (non-hydrogen) atoms. The molecule has 1 aromatic heterocycles. The number of nitrogens with zero attached hydrogens (tertiary/aromatic N) is 2. The van der Waals surface area contributed by atoms with E-state index < -0.39 is 12.0 Å². The number of para-hydroxylation sites is 1. The molecule has 0 amide bonds. The molecule has 10 heteroatoms. The lowest BCUT2D eigenvalue weighted by Crippen LogP contribution is -2.39. The number of rotatable bonds is 10. The Labute approximate surface area is 251 Å². The number of thiazole rings is 1. The number of carbonyl (C=O) groups excluding carboxylic acids is 1. The summed E-state index contributed by atoms with van der Waals surface area (Å²) in [6.45, 7) is 4.97. The van der Waals surface area contributed by atoms with E-state index in [1.54, 1.807) is 18.2 Å². The van der Waals surface area contributed by atoms with E-state index >= 15 is 0 Å². The average molecular weight is 605 g/mol. The number of carbonyl (C=O) groups is 1. The van der Waals surface area contributed by atoms with Gasteiger partial charge in [-0.1, -0.05) is 59.3 Å². The number of fused-ring (bicyclic) bond motifs is 1. The number of ether oxygens (including phenoxy) is 4. The predicted molar refractivity (Wildman–Crippen MR) is 162 cm³/mol.